The number of piperazine rings is 1. The molecule has 0 spiro atoms. The van der Waals surface area contributed by atoms with Gasteiger partial charge in [-0.2, -0.15) is 13.2 Å². The molecule has 0 saturated carbocycles. The van der Waals surface area contributed by atoms with E-state index in [4.69, 9.17) is 11.6 Å². The first-order valence-corrected chi connectivity index (χ1v) is 13.4. The third kappa shape index (κ3) is 9.52. The Morgan fingerprint density at radius 3 is 2.26 bits per heavy atom. The second-order valence-corrected chi connectivity index (χ2v) is 9.08. The van der Waals surface area contributed by atoms with Gasteiger partial charge in [-0.1, -0.05) is 82.8 Å². The number of halogens is 4. The van der Waals surface area contributed by atoms with Crippen molar-refractivity contribution in [1.82, 2.24) is 20.1 Å². The highest BCUT2D eigenvalue weighted by molar-refractivity contribution is 6.35. The summed E-state index contributed by atoms with van der Waals surface area (Å²) in [4.78, 5) is 9.12. The highest BCUT2D eigenvalue weighted by atomic mass is 35.5. The summed E-state index contributed by atoms with van der Waals surface area (Å²) in [5.74, 6) is 0. The first-order chi connectivity index (χ1) is 18.0. The van der Waals surface area contributed by atoms with Crippen LogP contribution in [0.15, 0.2) is 61.5 Å². The van der Waals surface area contributed by atoms with Crippen molar-refractivity contribution in [3.05, 3.63) is 77.8 Å². The third-order valence-electron chi connectivity index (χ3n) is 6.07. The lowest BCUT2D eigenvalue weighted by atomic mass is 10.1. The van der Waals surface area contributed by atoms with Gasteiger partial charge >= 0.3 is 6.18 Å². The molecule has 0 atom stereocenters. The highest BCUT2D eigenvalue weighted by Crippen LogP contribution is 2.33. The maximum atomic E-state index is 13.1. The fourth-order valence-electron chi connectivity index (χ4n) is 3.89. The smallest absolute Gasteiger partial charge is 0.384 e. The number of nitrogens with one attached hydrogen (secondary N) is 1. The summed E-state index contributed by atoms with van der Waals surface area (Å²) >= 11 is 6.20. The molecule has 1 saturated heterocycles. The zero-order chi connectivity index (χ0) is 28.9. The standard InChI is InChI=1S/C17H14ClF3N2.C11H22N2.C2H6/c1-4-10-6-7-12-13(18)9-15(23-14(12)8-10)11(5-2)16(22-3)17(19,20)21;1-4-5-6-11(2)13-9-7-12(3)8-10-13;1-2/h4-9,22H,1-2H2,3H3;2,4-10H2,1,3H3;1-2H3/b16-11+;;. The first-order valence-electron chi connectivity index (χ1n) is 13.0. The minimum Gasteiger partial charge on any atom is -0.384 e. The molecule has 1 fully saturated rings. The van der Waals surface area contributed by atoms with Gasteiger partial charge in [0.2, 0.25) is 0 Å². The largest absolute Gasteiger partial charge is 0.431 e. The van der Waals surface area contributed by atoms with Gasteiger partial charge in [0.25, 0.3) is 0 Å². The summed E-state index contributed by atoms with van der Waals surface area (Å²) in [5, 5.41) is 3.14. The Bertz CT molecular complexity index is 1100. The van der Waals surface area contributed by atoms with Crippen LogP contribution in [0.3, 0.4) is 0 Å². The molecule has 1 aliphatic heterocycles. The average molecular weight is 551 g/mol. The molecule has 210 valence electrons. The Balaban J connectivity index is 0.000000408. The lowest BCUT2D eigenvalue weighted by Gasteiger charge is -2.35. The predicted molar refractivity (Wildman–Crippen MR) is 158 cm³/mol. The molecule has 1 N–H and O–H groups in total. The van der Waals surface area contributed by atoms with E-state index < -0.39 is 11.9 Å². The molecular weight excluding hydrogens is 509 g/mol. The van der Waals surface area contributed by atoms with Gasteiger partial charge in [0.15, 0.2) is 0 Å². The van der Waals surface area contributed by atoms with E-state index >= 15 is 0 Å². The van der Waals surface area contributed by atoms with Crippen molar-refractivity contribution in [3.8, 4) is 0 Å². The van der Waals surface area contributed by atoms with Crippen LogP contribution >= 0.6 is 11.6 Å². The number of unbranched alkanes of at least 4 members (excludes halogenated alkanes) is 1. The van der Waals surface area contributed by atoms with E-state index in [0.717, 1.165) is 11.6 Å². The molecule has 0 amide bonds. The number of alkyl halides is 3. The fourth-order valence-corrected chi connectivity index (χ4v) is 4.16. The maximum Gasteiger partial charge on any atom is 0.431 e. The minimum atomic E-state index is -4.55. The molecular formula is C30H42ClF3N4. The Morgan fingerprint density at radius 1 is 1.13 bits per heavy atom. The Kier molecular flexibility index (Phi) is 14.2. The van der Waals surface area contributed by atoms with Crippen LogP contribution in [0.2, 0.25) is 5.02 Å². The van der Waals surface area contributed by atoms with E-state index in [1.807, 2.05) is 19.9 Å². The van der Waals surface area contributed by atoms with Crippen LogP contribution < -0.4 is 5.32 Å². The van der Waals surface area contributed by atoms with Crippen LogP contribution in [-0.4, -0.2) is 61.2 Å². The van der Waals surface area contributed by atoms with E-state index in [1.54, 1.807) is 18.2 Å². The Hall–Kier alpha value is -2.77. The van der Waals surface area contributed by atoms with Crippen molar-refractivity contribution in [3.63, 3.8) is 0 Å². The normalized spacial score (nSPS) is 14.4. The molecule has 2 heterocycles. The Morgan fingerprint density at radius 2 is 1.76 bits per heavy atom. The average Bonchev–Trinajstić information content (AvgIpc) is 2.91. The van der Waals surface area contributed by atoms with E-state index in [1.165, 1.54) is 64.3 Å². The number of aromatic nitrogens is 1. The lowest BCUT2D eigenvalue weighted by Crippen LogP contribution is -2.43. The number of nitrogens with zero attached hydrogens (tertiary/aromatic N) is 3. The van der Waals surface area contributed by atoms with Crippen LogP contribution in [0.5, 0.6) is 0 Å². The van der Waals surface area contributed by atoms with Gasteiger partial charge in [-0.25, -0.2) is 4.98 Å². The van der Waals surface area contributed by atoms with Gasteiger partial charge in [0.1, 0.15) is 5.70 Å². The van der Waals surface area contributed by atoms with Gasteiger partial charge in [0, 0.05) is 49.9 Å². The van der Waals surface area contributed by atoms with Crippen molar-refractivity contribution < 1.29 is 13.2 Å². The predicted octanol–water partition coefficient (Wildman–Crippen LogP) is 8.17. The number of allylic oxidation sites excluding steroid dienone is 4. The fraction of sp³-hybridized carbons (Fsp3) is 0.433. The quantitative estimate of drug-likeness (QED) is 0.336. The van der Waals surface area contributed by atoms with Crippen molar-refractivity contribution in [2.24, 2.45) is 0 Å². The van der Waals surface area contributed by atoms with Crippen LogP contribution in [0.4, 0.5) is 13.2 Å². The van der Waals surface area contributed by atoms with Crippen LogP contribution in [0.1, 0.15) is 51.3 Å². The van der Waals surface area contributed by atoms with E-state index in [9.17, 15) is 13.2 Å². The second kappa shape index (κ2) is 16.2. The van der Waals surface area contributed by atoms with Crippen molar-refractivity contribution in [1.29, 1.82) is 0 Å². The number of pyridine rings is 1. The summed E-state index contributed by atoms with van der Waals surface area (Å²) in [5.41, 5.74) is 1.65. The number of fused-ring (bicyclic) bond motifs is 1. The lowest BCUT2D eigenvalue weighted by molar-refractivity contribution is -0.0953. The summed E-state index contributed by atoms with van der Waals surface area (Å²) < 4.78 is 39.4. The highest BCUT2D eigenvalue weighted by Gasteiger charge is 2.36. The third-order valence-corrected chi connectivity index (χ3v) is 6.38. The molecule has 4 nitrogen and oxygen atoms in total. The Labute approximate surface area is 231 Å². The molecule has 1 aromatic carbocycles. The van der Waals surface area contributed by atoms with Crippen molar-refractivity contribution in [2.75, 3.05) is 40.3 Å². The molecule has 0 bridgehead atoms. The molecule has 3 rings (SSSR count). The minimum absolute atomic E-state index is 0.0976. The van der Waals surface area contributed by atoms with Crippen molar-refractivity contribution >= 4 is 34.2 Å². The summed E-state index contributed by atoms with van der Waals surface area (Å²) in [7, 11) is 3.39. The number of benzene rings is 1. The molecule has 2 aromatic rings. The molecule has 1 aliphatic rings. The monoisotopic (exact) mass is 550 g/mol. The number of rotatable bonds is 8. The second-order valence-electron chi connectivity index (χ2n) is 8.67. The zero-order valence-electron chi connectivity index (χ0n) is 23.4. The van der Waals surface area contributed by atoms with Crippen LogP contribution in [-0.2, 0) is 0 Å². The van der Waals surface area contributed by atoms with Gasteiger partial charge in [-0.3, -0.25) is 0 Å². The number of hydrogen-bond acceptors (Lipinski definition) is 4. The molecule has 0 aliphatic carbocycles. The van der Waals surface area contributed by atoms with E-state index in [0.29, 0.717) is 15.9 Å². The first kappa shape index (κ1) is 33.3. The zero-order valence-corrected chi connectivity index (χ0v) is 24.1. The summed E-state index contributed by atoms with van der Waals surface area (Å²) in [6, 6.07) is 6.68. The molecule has 0 radical (unpaired) electrons. The van der Waals surface area contributed by atoms with Gasteiger partial charge < -0.3 is 15.1 Å². The van der Waals surface area contributed by atoms with Gasteiger partial charge in [-0.05, 0) is 37.6 Å². The number of hydrogen-bond donors (Lipinski definition) is 1. The van der Waals surface area contributed by atoms with Gasteiger partial charge in [-0.15, -0.1) is 0 Å². The van der Waals surface area contributed by atoms with E-state index in [2.05, 4.69) is 53.8 Å². The van der Waals surface area contributed by atoms with Crippen LogP contribution in [0.25, 0.3) is 22.6 Å². The van der Waals surface area contributed by atoms with E-state index in [-0.39, 0.29) is 11.3 Å². The molecule has 8 heteroatoms. The maximum absolute atomic E-state index is 13.1. The van der Waals surface area contributed by atoms with Gasteiger partial charge in [0.05, 0.1) is 16.2 Å². The molecule has 0 unspecified atom stereocenters. The van der Waals surface area contributed by atoms with Crippen LogP contribution in [0, 0.1) is 0 Å². The summed E-state index contributed by atoms with van der Waals surface area (Å²) in [6.07, 6.45) is 1.92. The van der Waals surface area contributed by atoms with Crippen molar-refractivity contribution in [2.45, 2.75) is 46.2 Å². The SMILES string of the molecule is C=C(CCCC)N1CCN(C)CC1.C=C/C(=C(\NC)C(F)(F)F)c1cc(Cl)c2ccc(C=C)cc2n1.CC. The summed E-state index contributed by atoms with van der Waals surface area (Å²) in [6.45, 7) is 22.2. The molecule has 1 aromatic heterocycles. The number of likely N-dealkylation sites (N-methyl/N-ethyl adjacent to an activating group) is 1. The topological polar surface area (TPSA) is 31.4 Å². The molecule has 38 heavy (non-hydrogen) atoms.